The highest BCUT2D eigenvalue weighted by Gasteiger charge is 2.14. The van der Waals surface area contributed by atoms with Gasteiger partial charge in [0, 0.05) is 31.1 Å². The van der Waals surface area contributed by atoms with Gasteiger partial charge in [0.2, 0.25) is 0 Å². The molecule has 126 valence electrons. The number of Topliss-reactive ketones (excluding diaryl/α,β-unsaturated/α-hetero) is 1. The van der Waals surface area contributed by atoms with E-state index >= 15 is 0 Å². The predicted molar refractivity (Wildman–Crippen MR) is 94.1 cm³/mol. The Morgan fingerprint density at radius 1 is 1.12 bits per heavy atom. The van der Waals surface area contributed by atoms with E-state index in [1.807, 2.05) is 30.3 Å². The first kappa shape index (κ1) is 17.8. The SMILES string of the molecule is CNC(=O)c1cc(C(=O)CCCCN)cc(Cc2ccccc2)n1. The number of pyridine rings is 1. The van der Waals surface area contributed by atoms with Crippen molar-refractivity contribution >= 4 is 11.7 Å². The Morgan fingerprint density at radius 3 is 2.54 bits per heavy atom. The molecule has 2 aromatic rings. The molecule has 0 fully saturated rings. The molecular weight excluding hydrogens is 302 g/mol. The smallest absolute Gasteiger partial charge is 0.269 e. The first-order valence-electron chi connectivity index (χ1n) is 8.14. The molecule has 0 saturated carbocycles. The lowest BCUT2D eigenvalue weighted by atomic mass is 10.0. The van der Waals surface area contributed by atoms with Gasteiger partial charge in [-0.3, -0.25) is 9.59 Å². The summed E-state index contributed by atoms with van der Waals surface area (Å²) < 4.78 is 0. The van der Waals surface area contributed by atoms with Crippen LogP contribution < -0.4 is 11.1 Å². The predicted octanol–water partition coefficient (Wildman–Crippen LogP) is 2.34. The van der Waals surface area contributed by atoms with Gasteiger partial charge >= 0.3 is 0 Å². The molecule has 5 nitrogen and oxygen atoms in total. The topological polar surface area (TPSA) is 85.1 Å². The number of hydrogen-bond acceptors (Lipinski definition) is 4. The number of carbonyl (C=O) groups is 2. The van der Waals surface area contributed by atoms with Crippen LogP contribution in [0.25, 0.3) is 0 Å². The highest BCUT2D eigenvalue weighted by atomic mass is 16.1. The largest absolute Gasteiger partial charge is 0.354 e. The molecule has 0 radical (unpaired) electrons. The Kier molecular flexibility index (Phi) is 6.63. The average Bonchev–Trinajstić information content (AvgIpc) is 2.61. The van der Waals surface area contributed by atoms with E-state index in [0.29, 0.717) is 30.6 Å². The van der Waals surface area contributed by atoms with Gasteiger partial charge in [-0.15, -0.1) is 0 Å². The molecule has 24 heavy (non-hydrogen) atoms. The van der Waals surface area contributed by atoms with Crippen LogP contribution in [0.4, 0.5) is 0 Å². The third-order valence-electron chi connectivity index (χ3n) is 3.75. The molecule has 0 atom stereocenters. The number of nitrogens with two attached hydrogens (primary N) is 1. The van der Waals surface area contributed by atoms with Gasteiger partial charge in [0.1, 0.15) is 5.69 Å². The molecule has 0 saturated heterocycles. The van der Waals surface area contributed by atoms with Crippen LogP contribution in [0.3, 0.4) is 0 Å². The summed E-state index contributed by atoms with van der Waals surface area (Å²) in [4.78, 5) is 28.7. The molecule has 1 aromatic carbocycles. The summed E-state index contributed by atoms with van der Waals surface area (Å²) in [5, 5.41) is 2.56. The first-order valence-corrected chi connectivity index (χ1v) is 8.14. The van der Waals surface area contributed by atoms with Gasteiger partial charge in [-0.2, -0.15) is 0 Å². The summed E-state index contributed by atoms with van der Waals surface area (Å²) in [5.74, 6) is -0.272. The number of rotatable bonds is 8. The number of amides is 1. The van der Waals surface area contributed by atoms with Crippen molar-refractivity contribution in [3.05, 3.63) is 65.0 Å². The van der Waals surface area contributed by atoms with E-state index in [1.165, 1.54) is 0 Å². The Labute approximate surface area is 142 Å². The zero-order valence-corrected chi connectivity index (χ0v) is 13.9. The third kappa shape index (κ3) is 4.99. The summed E-state index contributed by atoms with van der Waals surface area (Å²) in [6.07, 6.45) is 2.57. The summed E-state index contributed by atoms with van der Waals surface area (Å²) in [7, 11) is 1.55. The molecule has 0 aliphatic carbocycles. The number of aromatic nitrogens is 1. The Morgan fingerprint density at radius 2 is 1.88 bits per heavy atom. The van der Waals surface area contributed by atoms with Gasteiger partial charge < -0.3 is 11.1 Å². The molecule has 5 heteroatoms. The standard InChI is InChI=1S/C19H23N3O2/c1-21-19(24)17-13-15(18(23)9-5-6-10-20)12-16(22-17)11-14-7-3-2-4-8-14/h2-4,7-8,12-13H,5-6,9-11,20H2,1H3,(H,21,24). The van der Waals surface area contributed by atoms with Crippen molar-refractivity contribution < 1.29 is 9.59 Å². The van der Waals surface area contributed by atoms with E-state index in [-0.39, 0.29) is 17.4 Å². The van der Waals surface area contributed by atoms with Gasteiger partial charge in [-0.1, -0.05) is 30.3 Å². The lowest BCUT2D eigenvalue weighted by Gasteiger charge is -2.08. The van der Waals surface area contributed by atoms with Crippen LogP contribution in [-0.2, 0) is 6.42 Å². The van der Waals surface area contributed by atoms with E-state index < -0.39 is 0 Å². The number of nitrogens with one attached hydrogen (secondary N) is 1. The zero-order valence-electron chi connectivity index (χ0n) is 13.9. The van der Waals surface area contributed by atoms with Crippen molar-refractivity contribution in [3.63, 3.8) is 0 Å². The van der Waals surface area contributed by atoms with Crippen molar-refractivity contribution in [1.82, 2.24) is 10.3 Å². The number of benzene rings is 1. The molecule has 0 aliphatic rings. The fourth-order valence-corrected chi connectivity index (χ4v) is 2.46. The van der Waals surface area contributed by atoms with Crippen LogP contribution in [0.5, 0.6) is 0 Å². The van der Waals surface area contributed by atoms with Crippen LogP contribution >= 0.6 is 0 Å². The Balaban J connectivity index is 2.27. The maximum absolute atomic E-state index is 12.4. The molecule has 0 spiro atoms. The van der Waals surface area contributed by atoms with Crippen LogP contribution in [0.1, 0.15) is 51.4 Å². The molecule has 1 heterocycles. The first-order chi connectivity index (χ1) is 11.6. The third-order valence-corrected chi connectivity index (χ3v) is 3.75. The van der Waals surface area contributed by atoms with Crippen molar-refractivity contribution in [1.29, 1.82) is 0 Å². The molecule has 0 aliphatic heterocycles. The van der Waals surface area contributed by atoms with Gasteiger partial charge in [-0.25, -0.2) is 4.98 Å². The zero-order chi connectivity index (χ0) is 17.4. The quantitative estimate of drug-likeness (QED) is 0.576. The minimum Gasteiger partial charge on any atom is -0.354 e. The second-order valence-electron chi connectivity index (χ2n) is 5.64. The summed E-state index contributed by atoms with van der Waals surface area (Å²) in [6.45, 7) is 0.576. The number of nitrogens with zero attached hydrogens (tertiary/aromatic N) is 1. The highest BCUT2D eigenvalue weighted by Crippen LogP contribution is 2.14. The van der Waals surface area contributed by atoms with Crippen molar-refractivity contribution in [2.45, 2.75) is 25.7 Å². The number of hydrogen-bond donors (Lipinski definition) is 2. The van der Waals surface area contributed by atoms with Gasteiger partial charge in [0.05, 0.1) is 0 Å². The monoisotopic (exact) mass is 325 g/mol. The van der Waals surface area contributed by atoms with Crippen molar-refractivity contribution in [2.24, 2.45) is 5.73 Å². The minimum absolute atomic E-state index is 0.0188. The van der Waals surface area contributed by atoms with Gasteiger partial charge in [-0.05, 0) is 37.1 Å². The molecule has 2 rings (SSSR count). The molecule has 0 unspecified atom stereocenters. The Hall–Kier alpha value is -2.53. The summed E-state index contributed by atoms with van der Waals surface area (Å²) in [5.41, 5.74) is 8.07. The van der Waals surface area contributed by atoms with Gasteiger partial charge in [0.15, 0.2) is 5.78 Å². The highest BCUT2D eigenvalue weighted by molar-refractivity contribution is 5.99. The van der Waals surface area contributed by atoms with E-state index in [0.717, 1.165) is 18.4 Å². The van der Waals surface area contributed by atoms with Crippen LogP contribution in [0.15, 0.2) is 42.5 Å². The van der Waals surface area contributed by atoms with Crippen LogP contribution in [0.2, 0.25) is 0 Å². The maximum atomic E-state index is 12.4. The molecular formula is C19H23N3O2. The molecule has 3 N–H and O–H groups in total. The van der Waals surface area contributed by atoms with E-state index in [2.05, 4.69) is 10.3 Å². The second-order valence-corrected chi connectivity index (χ2v) is 5.64. The van der Waals surface area contributed by atoms with Gasteiger partial charge in [0.25, 0.3) is 5.91 Å². The average molecular weight is 325 g/mol. The van der Waals surface area contributed by atoms with E-state index in [4.69, 9.17) is 5.73 Å². The molecule has 0 bridgehead atoms. The molecule has 1 amide bonds. The van der Waals surface area contributed by atoms with Crippen LogP contribution in [0, 0.1) is 0 Å². The van der Waals surface area contributed by atoms with Crippen molar-refractivity contribution in [3.8, 4) is 0 Å². The Bertz CT molecular complexity index is 699. The van der Waals surface area contributed by atoms with E-state index in [9.17, 15) is 9.59 Å². The second kappa shape index (κ2) is 8.93. The minimum atomic E-state index is -0.291. The number of carbonyl (C=O) groups excluding carboxylic acids is 2. The lowest BCUT2D eigenvalue weighted by molar-refractivity contribution is 0.0958. The fourth-order valence-electron chi connectivity index (χ4n) is 2.46. The molecule has 1 aromatic heterocycles. The number of ketones is 1. The van der Waals surface area contributed by atoms with Crippen LogP contribution in [-0.4, -0.2) is 30.3 Å². The summed E-state index contributed by atoms with van der Waals surface area (Å²) in [6, 6.07) is 13.2. The summed E-state index contributed by atoms with van der Waals surface area (Å²) >= 11 is 0. The van der Waals surface area contributed by atoms with E-state index in [1.54, 1.807) is 19.2 Å². The maximum Gasteiger partial charge on any atom is 0.269 e. The van der Waals surface area contributed by atoms with Crippen molar-refractivity contribution in [2.75, 3.05) is 13.6 Å². The fraction of sp³-hybridized carbons (Fsp3) is 0.316. The normalized spacial score (nSPS) is 10.4. The number of unbranched alkanes of at least 4 members (excludes halogenated alkanes) is 1. The lowest BCUT2D eigenvalue weighted by Crippen LogP contribution is -2.20.